The lowest BCUT2D eigenvalue weighted by Crippen LogP contribution is -2.37. The molecule has 1 aromatic heterocycles. The maximum absolute atomic E-state index is 12.1. The van der Waals surface area contributed by atoms with Gasteiger partial charge in [0.15, 0.2) is 0 Å². The van der Waals surface area contributed by atoms with Crippen LogP contribution in [-0.2, 0) is 6.42 Å². The molecule has 0 saturated heterocycles. The number of anilines is 1. The summed E-state index contributed by atoms with van der Waals surface area (Å²) in [6.45, 7) is 1.80. The van der Waals surface area contributed by atoms with Gasteiger partial charge in [0.2, 0.25) is 0 Å². The number of hydrogen-bond acceptors (Lipinski definition) is 4. The van der Waals surface area contributed by atoms with Crippen LogP contribution in [0, 0.1) is 0 Å². The van der Waals surface area contributed by atoms with E-state index in [4.69, 9.17) is 28.9 Å². The smallest absolute Gasteiger partial charge is 0.326 e. The van der Waals surface area contributed by atoms with Crippen LogP contribution in [0.2, 0.25) is 10.0 Å². The van der Waals surface area contributed by atoms with E-state index < -0.39 is 17.2 Å². The maximum atomic E-state index is 12.1. The van der Waals surface area contributed by atoms with Gasteiger partial charge in [0.25, 0.3) is 11.5 Å². The summed E-state index contributed by atoms with van der Waals surface area (Å²) in [7, 11) is 0. The molecule has 2 aromatic rings. The van der Waals surface area contributed by atoms with E-state index in [2.05, 4.69) is 10.3 Å². The molecule has 0 saturated carbocycles. The molecule has 128 valence electrons. The Bertz CT molecular complexity index is 876. The number of benzene rings is 1. The third-order valence-corrected chi connectivity index (χ3v) is 4.17. The molecular weight excluding hydrogens is 355 g/mol. The minimum absolute atomic E-state index is 0.214. The largest absolute Gasteiger partial charge is 0.392 e. The third-order valence-electron chi connectivity index (χ3n) is 3.43. The van der Waals surface area contributed by atoms with Gasteiger partial charge in [-0.2, -0.15) is 0 Å². The minimum atomic E-state index is -0.799. The first-order valence-corrected chi connectivity index (χ1v) is 7.90. The van der Waals surface area contributed by atoms with Gasteiger partial charge in [-0.05, 0) is 37.5 Å². The van der Waals surface area contributed by atoms with Crippen LogP contribution in [0.3, 0.4) is 0 Å². The molecule has 9 heteroatoms. The summed E-state index contributed by atoms with van der Waals surface area (Å²) < 4.78 is 0. The lowest BCUT2D eigenvalue weighted by Gasteiger charge is -2.14. The van der Waals surface area contributed by atoms with Crippen molar-refractivity contribution in [2.45, 2.75) is 25.8 Å². The number of hydrogen-bond donors (Lipinski definition) is 4. The number of halogens is 2. The number of nitrogens with two attached hydrogens (primary N) is 1. The Morgan fingerprint density at radius 3 is 2.62 bits per heavy atom. The van der Waals surface area contributed by atoms with Crippen LogP contribution in [0.25, 0.3) is 0 Å². The molecule has 0 aliphatic heterocycles. The summed E-state index contributed by atoms with van der Waals surface area (Å²) in [5.74, 6) is -0.614. The van der Waals surface area contributed by atoms with E-state index in [-0.39, 0.29) is 17.4 Å². The van der Waals surface area contributed by atoms with E-state index in [1.165, 1.54) is 0 Å². The molecule has 0 aliphatic rings. The first-order valence-electron chi connectivity index (χ1n) is 7.14. The number of aromatic nitrogens is 2. The molecule has 5 N–H and O–H groups in total. The molecule has 1 aromatic carbocycles. The normalized spacial score (nSPS) is 12.0. The van der Waals surface area contributed by atoms with Crippen LogP contribution < -0.4 is 22.3 Å². The Labute approximate surface area is 147 Å². The molecular formula is C15H16Cl2N4O3. The zero-order chi connectivity index (χ0) is 17.9. The summed E-state index contributed by atoms with van der Waals surface area (Å²) >= 11 is 11.8. The van der Waals surface area contributed by atoms with Gasteiger partial charge in [-0.1, -0.05) is 29.3 Å². The van der Waals surface area contributed by atoms with Crippen molar-refractivity contribution < 1.29 is 4.79 Å². The van der Waals surface area contributed by atoms with Crippen LogP contribution >= 0.6 is 23.2 Å². The number of nitrogens with one attached hydrogen (secondary N) is 3. The standard InChI is InChI=1S/C15H16Cl2N4O3/c1-7(2-3-8-4-5-9(16)10(17)6-8)19-14(23)12-11(18)13(22)21-15(24)20-12/h4-7H,2-3,18H2,1H3,(H,19,23)(H2,20,21,22,24). The van der Waals surface area contributed by atoms with Gasteiger partial charge in [-0.15, -0.1) is 0 Å². The fourth-order valence-electron chi connectivity index (χ4n) is 2.12. The van der Waals surface area contributed by atoms with Gasteiger partial charge >= 0.3 is 5.69 Å². The van der Waals surface area contributed by atoms with Crippen molar-refractivity contribution in [1.82, 2.24) is 15.3 Å². The number of carbonyl (C=O) groups is 1. The molecule has 0 spiro atoms. The van der Waals surface area contributed by atoms with Gasteiger partial charge in [0.05, 0.1) is 10.0 Å². The molecule has 1 amide bonds. The summed E-state index contributed by atoms with van der Waals surface area (Å²) in [5.41, 5.74) is 4.34. The summed E-state index contributed by atoms with van der Waals surface area (Å²) in [6.07, 6.45) is 1.29. The fourth-order valence-corrected chi connectivity index (χ4v) is 2.44. The number of rotatable bonds is 5. The van der Waals surface area contributed by atoms with Gasteiger partial charge in [-0.3, -0.25) is 14.6 Å². The molecule has 0 bridgehead atoms. The Morgan fingerprint density at radius 2 is 1.96 bits per heavy atom. The van der Waals surface area contributed by atoms with Crippen LogP contribution in [-0.4, -0.2) is 21.9 Å². The van der Waals surface area contributed by atoms with E-state index in [0.717, 1.165) is 5.56 Å². The fraction of sp³-hybridized carbons (Fsp3) is 0.267. The number of carbonyl (C=O) groups excluding carboxylic acids is 1. The average Bonchev–Trinajstić information content (AvgIpc) is 2.52. The van der Waals surface area contributed by atoms with Crippen molar-refractivity contribution in [1.29, 1.82) is 0 Å². The number of amides is 1. The van der Waals surface area contributed by atoms with Crippen molar-refractivity contribution in [2.24, 2.45) is 0 Å². The summed E-state index contributed by atoms with van der Waals surface area (Å²) in [4.78, 5) is 39.0. The molecule has 0 radical (unpaired) electrons. The highest BCUT2D eigenvalue weighted by Crippen LogP contribution is 2.23. The van der Waals surface area contributed by atoms with Crippen LogP contribution in [0.4, 0.5) is 5.69 Å². The van der Waals surface area contributed by atoms with E-state index in [9.17, 15) is 14.4 Å². The number of nitrogen functional groups attached to an aromatic ring is 1. The SMILES string of the molecule is CC(CCc1ccc(Cl)c(Cl)c1)NC(=O)c1[nH]c(=O)[nH]c(=O)c1N. The van der Waals surface area contributed by atoms with E-state index in [0.29, 0.717) is 22.9 Å². The first kappa shape index (κ1) is 18.1. The van der Waals surface area contributed by atoms with Gasteiger partial charge in [-0.25, -0.2) is 4.79 Å². The highest BCUT2D eigenvalue weighted by atomic mass is 35.5. The molecule has 7 nitrogen and oxygen atoms in total. The molecule has 24 heavy (non-hydrogen) atoms. The lowest BCUT2D eigenvalue weighted by molar-refractivity contribution is 0.0934. The predicted molar refractivity (Wildman–Crippen MR) is 93.8 cm³/mol. The zero-order valence-corrected chi connectivity index (χ0v) is 14.3. The molecule has 2 rings (SSSR count). The predicted octanol–water partition coefficient (Wildman–Crippen LogP) is 1.70. The second kappa shape index (κ2) is 7.55. The van der Waals surface area contributed by atoms with E-state index in [1.807, 2.05) is 11.1 Å². The molecule has 1 heterocycles. The number of H-pyrrole nitrogens is 2. The van der Waals surface area contributed by atoms with Crippen molar-refractivity contribution in [3.05, 3.63) is 60.3 Å². The summed E-state index contributed by atoms with van der Waals surface area (Å²) in [6, 6.07) is 5.12. The number of aromatic amines is 2. The van der Waals surface area contributed by atoms with Crippen molar-refractivity contribution in [3.8, 4) is 0 Å². The lowest BCUT2D eigenvalue weighted by atomic mass is 10.1. The average molecular weight is 371 g/mol. The van der Waals surface area contributed by atoms with E-state index >= 15 is 0 Å². The van der Waals surface area contributed by atoms with Crippen LogP contribution in [0.5, 0.6) is 0 Å². The Morgan fingerprint density at radius 1 is 1.25 bits per heavy atom. The van der Waals surface area contributed by atoms with Gasteiger partial charge in [0, 0.05) is 6.04 Å². The maximum Gasteiger partial charge on any atom is 0.326 e. The van der Waals surface area contributed by atoms with Gasteiger partial charge in [0.1, 0.15) is 11.4 Å². The summed E-state index contributed by atoms with van der Waals surface area (Å²) in [5, 5.41) is 3.64. The van der Waals surface area contributed by atoms with Crippen molar-refractivity contribution in [3.63, 3.8) is 0 Å². The minimum Gasteiger partial charge on any atom is -0.392 e. The molecule has 1 unspecified atom stereocenters. The third kappa shape index (κ3) is 4.39. The second-order valence-electron chi connectivity index (χ2n) is 5.36. The quantitative estimate of drug-likeness (QED) is 0.639. The Balaban J connectivity index is 2.00. The van der Waals surface area contributed by atoms with Crippen molar-refractivity contribution in [2.75, 3.05) is 5.73 Å². The molecule has 0 aliphatic carbocycles. The Kier molecular flexibility index (Phi) is 5.69. The van der Waals surface area contributed by atoms with Crippen LogP contribution in [0.15, 0.2) is 27.8 Å². The second-order valence-corrected chi connectivity index (χ2v) is 6.17. The molecule has 1 atom stereocenters. The highest BCUT2D eigenvalue weighted by molar-refractivity contribution is 6.42. The van der Waals surface area contributed by atoms with Crippen molar-refractivity contribution >= 4 is 34.8 Å². The molecule has 0 fully saturated rings. The van der Waals surface area contributed by atoms with Gasteiger partial charge < -0.3 is 16.0 Å². The zero-order valence-electron chi connectivity index (χ0n) is 12.8. The van der Waals surface area contributed by atoms with Crippen LogP contribution in [0.1, 0.15) is 29.4 Å². The monoisotopic (exact) mass is 370 g/mol. The number of aryl methyl sites for hydroxylation is 1. The Hall–Kier alpha value is -2.25. The first-order chi connectivity index (χ1) is 11.3. The van der Waals surface area contributed by atoms with E-state index in [1.54, 1.807) is 19.1 Å². The highest BCUT2D eigenvalue weighted by Gasteiger charge is 2.16. The topological polar surface area (TPSA) is 121 Å².